The first-order chi connectivity index (χ1) is 12.2. The number of hydrogen-bond acceptors (Lipinski definition) is 6. The number of carbonyl (C=O) groups excluding carboxylic acids is 1. The van der Waals surface area contributed by atoms with Crippen molar-refractivity contribution in [3.8, 4) is 0 Å². The van der Waals surface area contributed by atoms with Crippen LogP contribution in [-0.4, -0.2) is 57.9 Å². The molecule has 2 aromatic heterocycles. The molecule has 0 spiro atoms. The minimum absolute atomic E-state index is 0.0389. The summed E-state index contributed by atoms with van der Waals surface area (Å²) in [5.74, 6) is 0.740. The molecule has 1 atom stereocenters. The number of morpholine rings is 1. The van der Waals surface area contributed by atoms with Crippen molar-refractivity contribution >= 4 is 22.8 Å². The van der Waals surface area contributed by atoms with Crippen LogP contribution in [0.3, 0.4) is 0 Å². The summed E-state index contributed by atoms with van der Waals surface area (Å²) < 4.78 is 5.83. The number of rotatable bonds is 3. The van der Waals surface area contributed by atoms with E-state index in [0.29, 0.717) is 30.8 Å². The van der Waals surface area contributed by atoms with Gasteiger partial charge in [0.2, 0.25) is 0 Å². The molecule has 1 unspecified atom stereocenters. The first-order valence-electron chi connectivity index (χ1n) is 8.11. The van der Waals surface area contributed by atoms with Gasteiger partial charge in [0, 0.05) is 19.2 Å². The van der Waals surface area contributed by atoms with Crippen molar-refractivity contribution < 1.29 is 9.53 Å². The molecule has 1 aromatic carbocycles. The van der Waals surface area contributed by atoms with Gasteiger partial charge in [0.15, 0.2) is 0 Å². The Hall–Kier alpha value is -3.00. The van der Waals surface area contributed by atoms with Gasteiger partial charge in [0.05, 0.1) is 18.8 Å². The van der Waals surface area contributed by atoms with Crippen LogP contribution in [0.15, 0.2) is 36.4 Å². The van der Waals surface area contributed by atoms with Crippen LogP contribution in [0.1, 0.15) is 22.2 Å². The number of anilines is 1. The number of nitrogens with zero attached hydrogens (tertiary/aromatic N) is 4. The highest BCUT2D eigenvalue weighted by molar-refractivity contribution is 5.97. The summed E-state index contributed by atoms with van der Waals surface area (Å²) in [5.41, 5.74) is 2.83. The van der Waals surface area contributed by atoms with Crippen LogP contribution in [0.25, 0.3) is 11.0 Å². The molecule has 1 saturated heterocycles. The summed E-state index contributed by atoms with van der Waals surface area (Å²) in [7, 11) is 1.82. The fraction of sp³-hybridized carbons (Fsp3) is 0.294. The number of H-pyrrole nitrogens is 1. The first kappa shape index (κ1) is 15.5. The number of carbonyl (C=O) groups is 1. The molecule has 1 amide bonds. The highest BCUT2D eigenvalue weighted by Crippen LogP contribution is 2.23. The SMILES string of the molecule is CNc1cccc(C2CN(C(=O)c3ccc4n[nH]nc4c3)CCO2)n1. The Morgan fingerprint density at radius 1 is 1.28 bits per heavy atom. The monoisotopic (exact) mass is 338 g/mol. The van der Waals surface area contributed by atoms with E-state index in [0.717, 1.165) is 17.0 Å². The molecule has 8 heteroatoms. The lowest BCUT2D eigenvalue weighted by Gasteiger charge is -2.32. The van der Waals surface area contributed by atoms with Crippen molar-refractivity contribution in [3.05, 3.63) is 47.7 Å². The second-order valence-corrected chi connectivity index (χ2v) is 5.84. The van der Waals surface area contributed by atoms with Crippen LogP contribution >= 0.6 is 0 Å². The van der Waals surface area contributed by atoms with Gasteiger partial charge in [0.25, 0.3) is 5.91 Å². The van der Waals surface area contributed by atoms with E-state index in [4.69, 9.17) is 4.74 Å². The normalized spacial score (nSPS) is 17.6. The second kappa shape index (κ2) is 6.48. The number of aromatic nitrogens is 4. The molecule has 1 fully saturated rings. The van der Waals surface area contributed by atoms with Gasteiger partial charge in [-0.25, -0.2) is 4.98 Å². The average molecular weight is 338 g/mol. The maximum atomic E-state index is 12.8. The van der Waals surface area contributed by atoms with Crippen molar-refractivity contribution in [1.82, 2.24) is 25.3 Å². The van der Waals surface area contributed by atoms with Gasteiger partial charge in [-0.05, 0) is 30.3 Å². The zero-order chi connectivity index (χ0) is 17.2. The Labute approximate surface area is 144 Å². The van der Waals surface area contributed by atoms with E-state index in [1.54, 1.807) is 23.1 Å². The highest BCUT2D eigenvalue weighted by atomic mass is 16.5. The quantitative estimate of drug-likeness (QED) is 0.753. The van der Waals surface area contributed by atoms with Crippen molar-refractivity contribution in [2.24, 2.45) is 0 Å². The standard InChI is InChI=1S/C17H18N6O2/c1-18-16-4-2-3-13(19-16)15-10-23(7-8-25-15)17(24)11-5-6-12-14(9-11)21-22-20-12/h2-6,9,15H,7-8,10H2,1H3,(H,18,19)(H,20,21,22). The second-order valence-electron chi connectivity index (χ2n) is 5.84. The number of ether oxygens (including phenoxy) is 1. The number of benzene rings is 1. The van der Waals surface area contributed by atoms with Crippen LogP contribution in [-0.2, 0) is 4.74 Å². The Morgan fingerprint density at radius 2 is 2.16 bits per heavy atom. The van der Waals surface area contributed by atoms with Crippen LogP contribution in [0.4, 0.5) is 5.82 Å². The number of nitrogens with one attached hydrogen (secondary N) is 2. The van der Waals surface area contributed by atoms with Crippen molar-refractivity contribution in [2.75, 3.05) is 32.1 Å². The minimum Gasteiger partial charge on any atom is -0.373 e. The van der Waals surface area contributed by atoms with E-state index in [1.807, 2.05) is 25.2 Å². The van der Waals surface area contributed by atoms with Gasteiger partial charge in [-0.15, -0.1) is 0 Å². The van der Waals surface area contributed by atoms with Gasteiger partial charge in [0.1, 0.15) is 23.0 Å². The van der Waals surface area contributed by atoms with Gasteiger partial charge in [-0.1, -0.05) is 6.07 Å². The summed E-state index contributed by atoms with van der Waals surface area (Å²) in [4.78, 5) is 19.2. The summed E-state index contributed by atoms with van der Waals surface area (Å²) in [6.45, 7) is 1.50. The van der Waals surface area contributed by atoms with Gasteiger partial charge in [-0.2, -0.15) is 15.4 Å². The lowest BCUT2D eigenvalue weighted by atomic mass is 10.1. The Morgan fingerprint density at radius 3 is 3.04 bits per heavy atom. The van der Waals surface area contributed by atoms with E-state index in [-0.39, 0.29) is 12.0 Å². The van der Waals surface area contributed by atoms with E-state index in [1.165, 1.54) is 0 Å². The fourth-order valence-electron chi connectivity index (χ4n) is 2.94. The van der Waals surface area contributed by atoms with Gasteiger partial charge < -0.3 is 15.0 Å². The van der Waals surface area contributed by atoms with Gasteiger partial charge in [-0.3, -0.25) is 4.79 Å². The molecule has 0 saturated carbocycles. The maximum absolute atomic E-state index is 12.8. The van der Waals surface area contributed by atoms with Gasteiger partial charge >= 0.3 is 0 Å². The fourth-order valence-corrected chi connectivity index (χ4v) is 2.94. The molecule has 4 rings (SSSR count). The number of pyridine rings is 1. The van der Waals surface area contributed by atoms with Crippen molar-refractivity contribution in [2.45, 2.75) is 6.10 Å². The lowest BCUT2D eigenvalue weighted by Crippen LogP contribution is -2.42. The van der Waals surface area contributed by atoms with E-state index >= 15 is 0 Å². The Balaban J connectivity index is 1.54. The summed E-state index contributed by atoms with van der Waals surface area (Å²) >= 11 is 0. The molecule has 1 aliphatic rings. The average Bonchev–Trinajstić information content (AvgIpc) is 3.15. The molecular weight excluding hydrogens is 320 g/mol. The molecule has 3 heterocycles. The highest BCUT2D eigenvalue weighted by Gasteiger charge is 2.27. The minimum atomic E-state index is -0.234. The van der Waals surface area contributed by atoms with E-state index in [9.17, 15) is 4.79 Å². The van der Waals surface area contributed by atoms with Crippen molar-refractivity contribution in [1.29, 1.82) is 0 Å². The summed E-state index contributed by atoms with van der Waals surface area (Å²) in [5, 5.41) is 13.6. The molecule has 2 N–H and O–H groups in total. The molecule has 3 aromatic rings. The molecular formula is C17H18N6O2. The molecule has 8 nitrogen and oxygen atoms in total. The Kier molecular flexibility index (Phi) is 4.02. The number of aromatic amines is 1. The summed E-state index contributed by atoms with van der Waals surface area (Å²) in [6.07, 6.45) is -0.234. The number of amides is 1. The number of hydrogen-bond donors (Lipinski definition) is 2. The number of fused-ring (bicyclic) bond motifs is 1. The maximum Gasteiger partial charge on any atom is 0.254 e. The van der Waals surface area contributed by atoms with Crippen LogP contribution in [0.5, 0.6) is 0 Å². The van der Waals surface area contributed by atoms with Crippen LogP contribution in [0, 0.1) is 0 Å². The molecule has 0 radical (unpaired) electrons. The third kappa shape index (κ3) is 3.03. The van der Waals surface area contributed by atoms with Crippen LogP contribution in [0.2, 0.25) is 0 Å². The third-order valence-corrected chi connectivity index (χ3v) is 4.27. The third-order valence-electron chi connectivity index (χ3n) is 4.27. The molecule has 0 aliphatic carbocycles. The summed E-state index contributed by atoms with van der Waals surface area (Å²) in [6, 6.07) is 11.1. The largest absolute Gasteiger partial charge is 0.373 e. The smallest absolute Gasteiger partial charge is 0.254 e. The predicted molar refractivity (Wildman–Crippen MR) is 92.3 cm³/mol. The molecule has 0 bridgehead atoms. The van der Waals surface area contributed by atoms with Crippen LogP contribution < -0.4 is 5.32 Å². The molecule has 1 aliphatic heterocycles. The first-order valence-corrected chi connectivity index (χ1v) is 8.11. The van der Waals surface area contributed by atoms with E-state index < -0.39 is 0 Å². The molecule has 128 valence electrons. The zero-order valence-corrected chi connectivity index (χ0v) is 13.8. The Bertz CT molecular complexity index is 909. The van der Waals surface area contributed by atoms with E-state index in [2.05, 4.69) is 25.7 Å². The lowest BCUT2D eigenvalue weighted by molar-refractivity contribution is -0.0246. The topological polar surface area (TPSA) is 96.0 Å². The predicted octanol–water partition coefficient (Wildman–Crippen LogP) is 1.61. The zero-order valence-electron chi connectivity index (χ0n) is 13.8. The molecule has 25 heavy (non-hydrogen) atoms. The van der Waals surface area contributed by atoms with Crippen molar-refractivity contribution in [3.63, 3.8) is 0 Å².